The van der Waals surface area contributed by atoms with Crippen LogP contribution in [0.3, 0.4) is 0 Å². The van der Waals surface area contributed by atoms with Crippen LogP contribution in [0, 0.1) is 12.8 Å². The van der Waals surface area contributed by atoms with Gasteiger partial charge < -0.3 is 10.2 Å². The van der Waals surface area contributed by atoms with E-state index in [2.05, 4.69) is 24.4 Å². The third-order valence-electron chi connectivity index (χ3n) is 4.22. The van der Waals surface area contributed by atoms with E-state index in [4.69, 9.17) is 0 Å². The van der Waals surface area contributed by atoms with Crippen molar-refractivity contribution in [3.8, 4) is 0 Å². The second kappa shape index (κ2) is 6.60. The first kappa shape index (κ1) is 16.0. The van der Waals surface area contributed by atoms with E-state index in [0.717, 1.165) is 12.8 Å². The number of thiophene rings is 1. The molecular formula is C16H24N2O2S. The quantitative estimate of drug-likeness (QED) is 0.908. The molecular weight excluding hydrogens is 284 g/mol. The number of nitrogens with one attached hydrogen (secondary N) is 1. The molecule has 3 atom stereocenters. The summed E-state index contributed by atoms with van der Waals surface area (Å²) in [5.41, 5.74) is 0. The van der Waals surface area contributed by atoms with E-state index >= 15 is 0 Å². The Hall–Kier alpha value is -1.36. The van der Waals surface area contributed by atoms with Crippen LogP contribution >= 0.6 is 11.3 Å². The number of rotatable bonds is 5. The Bertz CT molecular complexity index is 526. The molecule has 0 bridgehead atoms. The SMILES string of the molecule is CCC(C)C1NC(=O)CN(C(C)Cc2ccc(C)s2)C1=O. The van der Waals surface area contributed by atoms with Crippen LogP contribution in [0.2, 0.25) is 0 Å². The number of carbonyl (C=O) groups is 2. The fourth-order valence-electron chi connectivity index (χ4n) is 2.68. The largest absolute Gasteiger partial charge is 0.342 e. The fraction of sp³-hybridized carbons (Fsp3) is 0.625. The summed E-state index contributed by atoms with van der Waals surface area (Å²) >= 11 is 1.76. The molecule has 2 rings (SSSR count). The van der Waals surface area contributed by atoms with E-state index < -0.39 is 0 Å². The second-order valence-electron chi connectivity index (χ2n) is 5.96. The van der Waals surface area contributed by atoms with E-state index in [-0.39, 0.29) is 36.4 Å². The molecule has 2 heterocycles. The van der Waals surface area contributed by atoms with Crippen LogP contribution in [0.4, 0.5) is 0 Å². The second-order valence-corrected chi connectivity index (χ2v) is 7.33. The summed E-state index contributed by atoms with van der Waals surface area (Å²) in [5, 5.41) is 2.84. The molecule has 0 aromatic carbocycles. The van der Waals surface area contributed by atoms with Gasteiger partial charge >= 0.3 is 0 Å². The van der Waals surface area contributed by atoms with Crippen molar-refractivity contribution in [3.63, 3.8) is 0 Å². The van der Waals surface area contributed by atoms with Gasteiger partial charge in [-0.2, -0.15) is 0 Å². The first-order valence-electron chi connectivity index (χ1n) is 7.57. The first-order chi connectivity index (χ1) is 9.92. The topological polar surface area (TPSA) is 49.4 Å². The standard InChI is InChI=1S/C16H24N2O2S/c1-5-10(2)15-16(20)18(9-14(19)17-15)11(3)8-13-7-6-12(4)21-13/h6-7,10-11,15H,5,8-9H2,1-4H3,(H,17,19). The number of nitrogens with zero attached hydrogens (tertiary/aromatic N) is 1. The van der Waals surface area contributed by atoms with Gasteiger partial charge in [-0.3, -0.25) is 9.59 Å². The third kappa shape index (κ3) is 3.64. The van der Waals surface area contributed by atoms with Crippen molar-refractivity contribution in [2.24, 2.45) is 5.92 Å². The minimum atomic E-state index is -0.372. The number of amides is 2. The molecule has 0 radical (unpaired) electrons. The number of hydrogen-bond acceptors (Lipinski definition) is 3. The fourth-order valence-corrected chi connectivity index (χ4v) is 3.69. The molecule has 1 N–H and O–H groups in total. The average molecular weight is 308 g/mol. The molecule has 21 heavy (non-hydrogen) atoms. The Morgan fingerprint density at radius 2 is 2.10 bits per heavy atom. The van der Waals surface area contributed by atoms with E-state index in [1.807, 2.05) is 20.8 Å². The molecule has 1 aliphatic heterocycles. The van der Waals surface area contributed by atoms with E-state index in [9.17, 15) is 9.59 Å². The Morgan fingerprint density at radius 3 is 2.67 bits per heavy atom. The van der Waals surface area contributed by atoms with Crippen LogP contribution in [0.25, 0.3) is 0 Å². The molecule has 2 amide bonds. The van der Waals surface area contributed by atoms with E-state index in [1.165, 1.54) is 9.75 Å². The average Bonchev–Trinajstić information content (AvgIpc) is 2.85. The van der Waals surface area contributed by atoms with Crippen molar-refractivity contribution < 1.29 is 9.59 Å². The number of hydrogen-bond donors (Lipinski definition) is 1. The van der Waals surface area contributed by atoms with Gasteiger partial charge in [0.15, 0.2) is 0 Å². The van der Waals surface area contributed by atoms with Gasteiger partial charge in [0.05, 0.1) is 6.54 Å². The molecule has 1 aromatic heterocycles. The highest BCUT2D eigenvalue weighted by molar-refractivity contribution is 7.11. The lowest BCUT2D eigenvalue weighted by Crippen LogP contribution is -2.62. The highest BCUT2D eigenvalue weighted by atomic mass is 32.1. The van der Waals surface area contributed by atoms with Gasteiger partial charge in [0.25, 0.3) is 0 Å². The van der Waals surface area contributed by atoms with Crippen molar-refractivity contribution >= 4 is 23.2 Å². The zero-order valence-corrected chi connectivity index (χ0v) is 14.0. The van der Waals surface area contributed by atoms with Crippen molar-refractivity contribution in [1.29, 1.82) is 0 Å². The normalized spacial score (nSPS) is 22.1. The van der Waals surface area contributed by atoms with Gasteiger partial charge in [0, 0.05) is 22.2 Å². The van der Waals surface area contributed by atoms with Crippen molar-refractivity contribution in [1.82, 2.24) is 10.2 Å². The molecule has 116 valence electrons. The summed E-state index contributed by atoms with van der Waals surface area (Å²) in [6, 6.07) is 3.88. The van der Waals surface area contributed by atoms with Gasteiger partial charge in [0.1, 0.15) is 6.04 Å². The van der Waals surface area contributed by atoms with Crippen molar-refractivity contribution in [2.75, 3.05) is 6.54 Å². The van der Waals surface area contributed by atoms with Gasteiger partial charge in [0.2, 0.25) is 11.8 Å². The molecule has 0 aliphatic carbocycles. The predicted molar refractivity (Wildman–Crippen MR) is 85.3 cm³/mol. The first-order valence-corrected chi connectivity index (χ1v) is 8.39. The molecule has 3 unspecified atom stereocenters. The zero-order valence-electron chi connectivity index (χ0n) is 13.2. The highest BCUT2D eigenvalue weighted by Crippen LogP contribution is 2.21. The maximum absolute atomic E-state index is 12.6. The van der Waals surface area contributed by atoms with Crippen molar-refractivity contribution in [3.05, 3.63) is 21.9 Å². The predicted octanol–water partition coefficient (Wildman–Crippen LogP) is 2.36. The molecule has 1 saturated heterocycles. The Balaban J connectivity index is 2.09. The summed E-state index contributed by atoms with van der Waals surface area (Å²) in [5.74, 6) is 0.180. The highest BCUT2D eigenvalue weighted by Gasteiger charge is 2.37. The lowest BCUT2D eigenvalue weighted by Gasteiger charge is -2.38. The minimum Gasteiger partial charge on any atom is -0.342 e. The van der Waals surface area contributed by atoms with Crippen LogP contribution < -0.4 is 5.32 Å². The number of carbonyl (C=O) groups excluding carboxylic acids is 2. The molecule has 1 aliphatic rings. The van der Waals surface area contributed by atoms with Gasteiger partial charge in [-0.15, -0.1) is 11.3 Å². The lowest BCUT2D eigenvalue weighted by atomic mass is 9.95. The number of aryl methyl sites for hydroxylation is 1. The summed E-state index contributed by atoms with van der Waals surface area (Å²) in [6.45, 7) is 8.34. The third-order valence-corrected chi connectivity index (χ3v) is 5.24. The molecule has 5 heteroatoms. The van der Waals surface area contributed by atoms with Gasteiger partial charge in [-0.05, 0) is 31.9 Å². The van der Waals surface area contributed by atoms with E-state index in [1.54, 1.807) is 16.2 Å². The summed E-state index contributed by atoms with van der Waals surface area (Å²) < 4.78 is 0. The van der Waals surface area contributed by atoms with Crippen LogP contribution in [0.5, 0.6) is 0 Å². The molecule has 0 spiro atoms. The maximum atomic E-state index is 12.6. The lowest BCUT2D eigenvalue weighted by molar-refractivity contribution is -0.147. The monoisotopic (exact) mass is 308 g/mol. The number of piperazine rings is 1. The zero-order chi connectivity index (χ0) is 15.6. The van der Waals surface area contributed by atoms with E-state index in [0.29, 0.717) is 0 Å². The maximum Gasteiger partial charge on any atom is 0.246 e. The van der Waals surface area contributed by atoms with Crippen LogP contribution in [-0.4, -0.2) is 35.3 Å². The summed E-state index contributed by atoms with van der Waals surface area (Å²) in [6.07, 6.45) is 1.69. The molecule has 1 aromatic rings. The molecule has 4 nitrogen and oxygen atoms in total. The Morgan fingerprint density at radius 1 is 1.38 bits per heavy atom. The minimum absolute atomic E-state index is 0.0471. The Labute approximate surface area is 130 Å². The molecule has 1 fully saturated rings. The van der Waals surface area contributed by atoms with Crippen LogP contribution in [-0.2, 0) is 16.0 Å². The smallest absolute Gasteiger partial charge is 0.246 e. The van der Waals surface area contributed by atoms with Gasteiger partial charge in [-0.1, -0.05) is 20.3 Å². The van der Waals surface area contributed by atoms with Gasteiger partial charge in [-0.25, -0.2) is 0 Å². The van der Waals surface area contributed by atoms with Crippen molar-refractivity contribution in [2.45, 2.75) is 52.6 Å². The summed E-state index contributed by atoms with van der Waals surface area (Å²) in [4.78, 5) is 28.8. The van der Waals surface area contributed by atoms with Crippen LogP contribution in [0.1, 0.15) is 36.9 Å². The summed E-state index contributed by atoms with van der Waals surface area (Å²) in [7, 11) is 0. The molecule has 0 saturated carbocycles. The van der Waals surface area contributed by atoms with Crippen LogP contribution in [0.15, 0.2) is 12.1 Å². The Kier molecular flexibility index (Phi) is 5.04.